The Morgan fingerprint density at radius 1 is 0.969 bits per heavy atom. The van der Waals surface area contributed by atoms with Crippen molar-refractivity contribution in [1.29, 1.82) is 0 Å². The maximum Gasteiger partial charge on any atom is 0.414 e. The summed E-state index contributed by atoms with van der Waals surface area (Å²) in [7, 11) is -0.120. The maximum atomic E-state index is 11.9. The van der Waals surface area contributed by atoms with E-state index in [1.807, 2.05) is 36.4 Å². The van der Waals surface area contributed by atoms with E-state index in [4.69, 9.17) is 19.8 Å². The first-order chi connectivity index (χ1) is 15.1. The Hall–Kier alpha value is -3.44. The molecule has 0 atom stereocenters. The Morgan fingerprint density at radius 3 is 1.91 bits per heavy atom. The van der Waals surface area contributed by atoms with Gasteiger partial charge in [0.15, 0.2) is 5.96 Å². The van der Waals surface area contributed by atoms with Gasteiger partial charge in [-0.2, -0.15) is 0 Å². The molecular weight excluding hydrogens is 436 g/mol. The van der Waals surface area contributed by atoms with Crippen LogP contribution in [0.25, 0.3) is 0 Å². The molecule has 1 aliphatic heterocycles. The molecule has 11 heteroatoms. The highest BCUT2D eigenvalue weighted by molar-refractivity contribution is 7.88. The van der Waals surface area contributed by atoms with Gasteiger partial charge in [0.25, 0.3) is 0 Å². The SMILES string of the molecule is CN(C)S(=O)(=O)Cc1ccc(Cc2ccc(NC3=NCCN3)cc2)cc1.O=C(O)C(=O)O. The van der Waals surface area contributed by atoms with Gasteiger partial charge in [0, 0.05) is 26.3 Å². The molecule has 1 heterocycles. The lowest BCUT2D eigenvalue weighted by Crippen LogP contribution is -2.26. The summed E-state index contributed by atoms with van der Waals surface area (Å²) in [6.07, 6.45) is 0.806. The fourth-order valence-corrected chi connectivity index (χ4v) is 3.52. The molecule has 0 aliphatic carbocycles. The summed E-state index contributed by atoms with van der Waals surface area (Å²) in [6, 6.07) is 16.0. The topological polar surface area (TPSA) is 148 Å². The zero-order valence-electron chi connectivity index (χ0n) is 17.8. The van der Waals surface area contributed by atoms with Crippen LogP contribution in [0.1, 0.15) is 16.7 Å². The summed E-state index contributed by atoms with van der Waals surface area (Å²) in [5.41, 5.74) is 4.15. The number of hydrogen-bond donors (Lipinski definition) is 4. The average Bonchev–Trinajstić information content (AvgIpc) is 3.24. The lowest BCUT2D eigenvalue weighted by atomic mass is 10.0. The number of aliphatic carboxylic acids is 2. The number of nitrogens with one attached hydrogen (secondary N) is 2. The van der Waals surface area contributed by atoms with Crippen molar-refractivity contribution in [2.24, 2.45) is 4.99 Å². The number of carboxylic acids is 2. The van der Waals surface area contributed by atoms with E-state index in [1.54, 1.807) is 14.1 Å². The molecule has 0 spiro atoms. The van der Waals surface area contributed by atoms with E-state index >= 15 is 0 Å². The van der Waals surface area contributed by atoms with Gasteiger partial charge in [-0.1, -0.05) is 36.4 Å². The molecule has 0 unspecified atom stereocenters. The van der Waals surface area contributed by atoms with Gasteiger partial charge < -0.3 is 20.8 Å². The molecule has 0 aromatic heterocycles. The highest BCUT2D eigenvalue weighted by Crippen LogP contribution is 2.16. The highest BCUT2D eigenvalue weighted by atomic mass is 32.2. The Labute approximate surface area is 186 Å². The molecule has 0 saturated carbocycles. The van der Waals surface area contributed by atoms with Crippen LogP contribution in [-0.2, 0) is 31.8 Å². The van der Waals surface area contributed by atoms with E-state index in [2.05, 4.69) is 27.8 Å². The van der Waals surface area contributed by atoms with Gasteiger partial charge in [-0.05, 0) is 35.2 Å². The van der Waals surface area contributed by atoms with Crippen molar-refractivity contribution in [3.05, 3.63) is 65.2 Å². The van der Waals surface area contributed by atoms with Crippen molar-refractivity contribution in [3.63, 3.8) is 0 Å². The van der Waals surface area contributed by atoms with Crippen LogP contribution in [0.15, 0.2) is 53.5 Å². The number of carboxylic acid groups (broad SMARTS) is 2. The minimum absolute atomic E-state index is 0.0264. The standard InChI is InChI=1S/C19H24N4O2S.C2H2O4/c1-23(2)26(24,25)14-17-5-3-15(4-6-17)13-16-7-9-18(10-8-16)22-19-20-11-12-21-19;3-1(4)2(5)6/h3-10H,11-14H2,1-2H3,(H2,20,21,22);(H,3,4)(H,5,6). The molecule has 2 aromatic carbocycles. The third kappa shape index (κ3) is 8.00. The van der Waals surface area contributed by atoms with E-state index in [-0.39, 0.29) is 5.75 Å². The van der Waals surface area contributed by atoms with E-state index in [1.165, 1.54) is 9.87 Å². The predicted octanol–water partition coefficient (Wildman–Crippen LogP) is 1.20. The molecule has 4 N–H and O–H groups in total. The Kier molecular flexibility index (Phi) is 8.73. The van der Waals surface area contributed by atoms with Gasteiger partial charge in [-0.3, -0.25) is 4.99 Å². The Morgan fingerprint density at radius 2 is 1.47 bits per heavy atom. The monoisotopic (exact) mass is 462 g/mol. The number of carbonyl (C=O) groups is 2. The summed E-state index contributed by atoms with van der Waals surface area (Å²) >= 11 is 0. The Bertz CT molecular complexity index is 1050. The number of benzene rings is 2. The zero-order chi connectivity index (χ0) is 23.7. The molecule has 0 radical (unpaired) electrons. The molecule has 1 aliphatic rings. The van der Waals surface area contributed by atoms with Crippen molar-refractivity contribution in [2.75, 3.05) is 32.5 Å². The van der Waals surface area contributed by atoms with Gasteiger partial charge in [-0.25, -0.2) is 22.3 Å². The third-order valence-electron chi connectivity index (χ3n) is 4.41. The summed E-state index contributed by atoms with van der Waals surface area (Å²) in [5.74, 6) is -2.80. The minimum Gasteiger partial charge on any atom is -0.473 e. The number of anilines is 1. The fourth-order valence-electron chi connectivity index (χ4n) is 2.65. The first kappa shape index (κ1) is 24.8. The van der Waals surface area contributed by atoms with Crippen molar-refractivity contribution in [1.82, 2.24) is 9.62 Å². The van der Waals surface area contributed by atoms with Crippen LogP contribution in [0, 0.1) is 0 Å². The molecule has 32 heavy (non-hydrogen) atoms. The number of aliphatic imine (C=N–C) groups is 1. The molecule has 3 rings (SSSR count). The quantitative estimate of drug-likeness (QED) is 0.468. The van der Waals surface area contributed by atoms with E-state index in [0.717, 1.165) is 42.3 Å². The van der Waals surface area contributed by atoms with Crippen LogP contribution in [0.3, 0.4) is 0 Å². The first-order valence-electron chi connectivity index (χ1n) is 9.65. The lowest BCUT2D eigenvalue weighted by Gasteiger charge is -2.11. The number of sulfonamides is 1. The highest BCUT2D eigenvalue weighted by Gasteiger charge is 2.14. The van der Waals surface area contributed by atoms with Crippen LogP contribution < -0.4 is 10.6 Å². The largest absolute Gasteiger partial charge is 0.473 e. The molecule has 0 amide bonds. The van der Waals surface area contributed by atoms with Gasteiger partial charge in [0.2, 0.25) is 10.0 Å². The van der Waals surface area contributed by atoms with Crippen molar-refractivity contribution in [2.45, 2.75) is 12.2 Å². The molecule has 2 aromatic rings. The molecule has 0 bridgehead atoms. The molecule has 172 valence electrons. The van der Waals surface area contributed by atoms with Gasteiger partial charge in [0.05, 0.1) is 12.3 Å². The minimum atomic E-state index is -3.23. The number of nitrogens with zero attached hydrogens (tertiary/aromatic N) is 2. The van der Waals surface area contributed by atoms with E-state index in [0.29, 0.717) is 0 Å². The van der Waals surface area contributed by atoms with Crippen LogP contribution in [0.4, 0.5) is 5.69 Å². The van der Waals surface area contributed by atoms with Gasteiger partial charge >= 0.3 is 11.9 Å². The molecule has 0 fully saturated rings. The van der Waals surface area contributed by atoms with Crippen molar-refractivity contribution >= 4 is 33.6 Å². The maximum absolute atomic E-state index is 11.9. The van der Waals surface area contributed by atoms with Gasteiger partial charge in [-0.15, -0.1) is 0 Å². The van der Waals surface area contributed by atoms with Crippen LogP contribution in [0.2, 0.25) is 0 Å². The first-order valence-corrected chi connectivity index (χ1v) is 11.3. The smallest absolute Gasteiger partial charge is 0.414 e. The van der Waals surface area contributed by atoms with Crippen LogP contribution in [0.5, 0.6) is 0 Å². The van der Waals surface area contributed by atoms with Gasteiger partial charge in [0.1, 0.15) is 0 Å². The second-order valence-electron chi connectivity index (χ2n) is 7.12. The lowest BCUT2D eigenvalue weighted by molar-refractivity contribution is -0.159. The summed E-state index contributed by atoms with van der Waals surface area (Å²) in [6.45, 7) is 1.69. The van der Waals surface area contributed by atoms with Crippen LogP contribution in [-0.4, -0.2) is 68.0 Å². The predicted molar refractivity (Wildman–Crippen MR) is 121 cm³/mol. The number of hydrogen-bond acceptors (Lipinski definition) is 7. The average molecular weight is 463 g/mol. The molecule has 0 saturated heterocycles. The summed E-state index contributed by atoms with van der Waals surface area (Å²) in [4.78, 5) is 22.5. The number of rotatable bonds is 6. The van der Waals surface area contributed by atoms with Crippen molar-refractivity contribution < 1.29 is 28.2 Å². The van der Waals surface area contributed by atoms with E-state index < -0.39 is 22.0 Å². The summed E-state index contributed by atoms with van der Waals surface area (Å²) < 4.78 is 25.1. The Balaban J connectivity index is 0.000000534. The van der Waals surface area contributed by atoms with Crippen molar-refractivity contribution in [3.8, 4) is 0 Å². The second-order valence-corrected chi connectivity index (χ2v) is 9.30. The fraction of sp³-hybridized carbons (Fsp3) is 0.286. The summed E-state index contributed by atoms with van der Waals surface area (Å²) in [5, 5.41) is 21.2. The second kappa shape index (κ2) is 11.3. The molecular formula is C21H26N4O6S. The third-order valence-corrected chi connectivity index (χ3v) is 6.22. The normalized spacial score (nSPS) is 12.9. The van der Waals surface area contributed by atoms with Crippen LogP contribution >= 0.6 is 0 Å². The van der Waals surface area contributed by atoms with E-state index in [9.17, 15) is 8.42 Å². The molecule has 10 nitrogen and oxygen atoms in total. The number of guanidine groups is 1. The zero-order valence-corrected chi connectivity index (χ0v) is 18.6.